The van der Waals surface area contributed by atoms with Crippen LogP contribution in [0.25, 0.3) is 0 Å². The normalized spacial score (nSPS) is 13.9. The summed E-state index contributed by atoms with van der Waals surface area (Å²) in [6.45, 7) is 8.62. The number of nitrogens with one attached hydrogen (secondary N) is 1. The molecule has 0 spiro atoms. The highest BCUT2D eigenvalue weighted by Gasteiger charge is 2.33. The third-order valence-electron chi connectivity index (χ3n) is 3.66. The van der Waals surface area contributed by atoms with Gasteiger partial charge in [0, 0.05) is 6.54 Å². The maximum Gasteiger partial charge on any atom is 0.323 e. The lowest BCUT2D eigenvalue weighted by molar-refractivity contribution is -0.144. The van der Waals surface area contributed by atoms with E-state index in [0.717, 1.165) is 17.7 Å². The predicted molar refractivity (Wildman–Crippen MR) is 91.8 cm³/mol. The monoisotopic (exact) mass is 329 g/mol. The highest BCUT2D eigenvalue weighted by molar-refractivity contribution is 5.85. The maximum atomic E-state index is 11.6. The van der Waals surface area contributed by atoms with Gasteiger partial charge < -0.3 is 9.84 Å². The van der Waals surface area contributed by atoms with Crippen LogP contribution in [0.3, 0.4) is 0 Å². The van der Waals surface area contributed by atoms with Crippen molar-refractivity contribution in [2.24, 2.45) is 5.41 Å². The standard InChI is InChI=1S/C17H27NO3.ClH/c1-16(2,3)9-10-17(4,15(19)20)18-12-13-7-6-8-14(11-13)21-5;/h6-8,11,18H,9-10,12H2,1-5H3,(H,19,20);1H. The fourth-order valence-electron chi connectivity index (χ4n) is 1.98. The molecule has 4 nitrogen and oxygen atoms in total. The van der Waals surface area contributed by atoms with Gasteiger partial charge in [-0.15, -0.1) is 12.4 Å². The van der Waals surface area contributed by atoms with Crippen LogP contribution in [0.2, 0.25) is 0 Å². The Kier molecular flexibility index (Phi) is 7.91. The highest BCUT2D eigenvalue weighted by Crippen LogP contribution is 2.26. The van der Waals surface area contributed by atoms with Gasteiger partial charge in [-0.05, 0) is 42.9 Å². The number of carboxylic acid groups (broad SMARTS) is 1. The SMILES string of the molecule is COc1cccc(CNC(C)(CCC(C)(C)C)C(=O)O)c1.Cl. The van der Waals surface area contributed by atoms with Gasteiger partial charge in [0.1, 0.15) is 11.3 Å². The smallest absolute Gasteiger partial charge is 0.323 e. The Labute approximate surface area is 139 Å². The molecule has 0 saturated heterocycles. The molecule has 0 aliphatic heterocycles. The fraction of sp³-hybridized carbons (Fsp3) is 0.588. The molecule has 1 unspecified atom stereocenters. The lowest BCUT2D eigenvalue weighted by Crippen LogP contribution is -2.49. The number of ether oxygens (including phenoxy) is 1. The largest absolute Gasteiger partial charge is 0.497 e. The zero-order chi connectivity index (χ0) is 16.1. The molecule has 1 aromatic rings. The molecule has 126 valence electrons. The highest BCUT2D eigenvalue weighted by atomic mass is 35.5. The summed E-state index contributed by atoms with van der Waals surface area (Å²) in [7, 11) is 1.62. The summed E-state index contributed by atoms with van der Waals surface area (Å²) in [6, 6.07) is 7.66. The third kappa shape index (κ3) is 6.67. The molecule has 2 N–H and O–H groups in total. The molecular formula is C17H28ClNO3. The van der Waals surface area contributed by atoms with Crippen molar-refractivity contribution in [3.63, 3.8) is 0 Å². The van der Waals surface area contributed by atoms with Crippen LogP contribution in [0.5, 0.6) is 5.75 Å². The summed E-state index contributed by atoms with van der Waals surface area (Å²) < 4.78 is 5.18. The molecule has 0 saturated carbocycles. The van der Waals surface area contributed by atoms with Gasteiger partial charge in [-0.2, -0.15) is 0 Å². The Morgan fingerprint density at radius 2 is 1.86 bits per heavy atom. The van der Waals surface area contributed by atoms with E-state index in [1.54, 1.807) is 14.0 Å². The molecule has 22 heavy (non-hydrogen) atoms. The van der Waals surface area contributed by atoms with Gasteiger partial charge in [0.15, 0.2) is 0 Å². The van der Waals surface area contributed by atoms with E-state index in [2.05, 4.69) is 26.1 Å². The second-order valence-electron chi connectivity index (χ2n) is 6.90. The van der Waals surface area contributed by atoms with Crippen LogP contribution in [0.1, 0.15) is 46.1 Å². The lowest BCUT2D eigenvalue weighted by Gasteiger charge is -2.30. The number of carboxylic acids is 1. The Bertz CT molecular complexity index is 485. The zero-order valence-electron chi connectivity index (χ0n) is 14.1. The van der Waals surface area contributed by atoms with Crippen molar-refractivity contribution < 1.29 is 14.6 Å². The molecule has 0 amide bonds. The van der Waals surface area contributed by atoms with Crippen molar-refractivity contribution in [3.8, 4) is 5.75 Å². The van der Waals surface area contributed by atoms with E-state index in [1.165, 1.54) is 0 Å². The lowest BCUT2D eigenvalue weighted by atomic mass is 9.84. The zero-order valence-corrected chi connectivity index (χ0v) is 14.9. The van der Waals surface area contributed by atoms with Crippen LogP contribution >= 0.6 is 12.4 Å². The van der Waals surface area contributed by atoms with Crippen molar-refractivity contribution in [3.05, 3.63) is 29.8 Å². The quantitative estimate of drug-likeness (QED) is 0.797. The maximum absolute atomic E-state index is 11.6. The van der Waals surface area contributed by atoms with Crippen molar-refractivity contribution in [2.45, 2.75) is 52.6 Å². The van der Waals surface area contributed by atoms with Crippen LogP contribution < -0.4 is 10.1 Å². The minimum atomic E-state index is -0.920. The molecule has 5 heteroatoms. The van der Waals surface area contributed by atoms with Crippen molar-refractivity contribution >= 4 is 18.4 Å². The molecule has 0 aliphatic carbocycles. The van der Waals surface area contributed by atoms with Crippen LogP contribution in [-0.2, 0) is 11.3 Å². The molecule has 1 aromatic carbocycles. The van der Waals surface area contributed by atoms with Crippen LogP contribution in [0, 0.1) is 5.41 Å². The molecule has 0 bridgehead atoms. The van der Waals surface area contributed by atoms with Gasteiger partial charge in [0.25, 0.3) is 0 Å². The minimum absolute atomic E-state index is 0. The molecule has 0 aliphatic rings. The third-order valence-corrected chi connectivity index (χ3v) is 3.66. The number of methoxy groups -OCH3 is 1. The molecule has 1 rings (SSSR count). The van der Waals surface area contributed by atoms with Crippen LogP contribution in [0.15, 0.2) is 24.3 Å². The second kappa shape index (κ2) is 8.39. The van der Waals surface area contributed by atoms with E-state index in [0.29, 0.717) is 13.0 Å². The summed E-state index contributed by atoms with van der Waals surface area (Å²) in [5.74, 6) is -0.0318. The Morgan fingerprint density at radius 3 is 2.36 bits per heavy atom. The van der Waals surface area contributed by atoms with Crippen LogP contribution in [-0.4, -0.2) is 23.7 Å². The minimum Gasteiger partial charge on any atom is -0.497 e. The summed E-state index contributed by atoms with van der Waals surface area (Å²) in [6.07, 6.45) is 1.44. The van der Waals surface area contributed by atoms with E-state index in [4.69, 9.17) is 4.74 Å². The average Bonchev–Trinajstić information content (AvgIpc) is 2.42. The Hall–Kier alpha value is -1.26. The summed E-state index contributed by atoms with van der Waals surface area (Å²) in [4.78, 5) is 11.6. The van der Waals surface area contributed by atoms with Gasteiger partial charge in [-0.3, -0.25) is 10.1 Å². The van der Waals surface area contributed by atoms with Gasteiger partial charge in [0.2, 0.25) is 0 Å². The number of hydrogen-bond acceptors (Lipinski definition) is 3. The molecule has 0 aromatic heterocycles. The van der Waals surface area contributed by atoms with E-state index in [9.17, 15) is 9.90 Å². The first kappa shape index (κ1) is 20.7. The van der Waals surface area contributed by atoms with Gasteiger partial charge >= 0.3 is 5.97 Å². The van der Waals surface area contributed by atoms with Gasteiger partial charge in [0.05, 0.1) is 7.11 Å². The molecular weight excluding hydrogens is 302 g/mol. The van der Waals surface area contributed by atoms with E-state index >= 15 is 0 Å². The first-order valence-electron chi connectivity index (χ1n) is 7.28. The van der Waals surface area contributed by atoms with Crippen molar-refractivity contribution in [1.29, 1.82) is 0 Å². The number of halogens is 1. The van der Waals surface area contributed by atoms with E-state index in [-0.39, 0.29) is 17.8 Å². The fourth-order valence-corrected chi connectivity index (χ4v) is 1.98. The Balaban J connectivity index is 0.00000441. The van der Waals surface area contributed by atoms with Crippen molar-refractivity contribution in [2.75, 3.05) is 7.11 Å². The molecule has 0 heterocycles. The molecule has 1 atom stereocenters. The number of aliphatic carboxylic acids is 1. The topological polar surface area (TPSA) is 58.6 Å². The predicted octanol–water partition coefficient (Wildman–Crippen LogP) is 3.88. The van der Waals surface area contributed by atoms with Gasteiger partial charge in [-0.25, -0.2) is 0 Å². The molecule has 0 fully saturated rings. The number of rotatable bonds is 7. The number of carbonyl (C=O) groups is 1. The summed E-state index contributed by atoms with van der Waals surface area (Å²) >= 11 is 0. The van der Waals surface area contributed by atoms with E-state index in [1.807, 2.05) is 24.3 Å². The number of benzene rings is 1. The number of hydrogen-bond donors (Lipinski definition) is 2. The van der Waals surface area contributed by atoms with Gasteiger partial charge in [-0.1, -0.05) is 32.9 Å². The van der Waals surface area contributed by atoms with Crippen molar-refractivity contribution in [1.82, 2.24) is 5.32 Å². The summed E-state index contributed by atoms with van der Waals surface area (Å²) in [5.41, 5.74) is 0.211. The Morgan fingerprint density at radius 1 is 1.23 bits per heavy atom. The summed E-state index contributed by atoms with van der Waals surface area (Å²) in [5, 5.41) is 12.7. The first-order chi connectivity index (χ1) is 9.66. The molecule has 0 radical (unpaired) electrons. The average molecular weight is 330 g/mol. The van der Waals surface area contributed by atoms with E-state index < -0.39 is 11.5 Å². The van der Waals surface area contributed by atoms with Crippen LogP contribution in [0.4, 0.5) is 0 Å². The second-order valence-corrected chi connectivity index (χ2v) is 6.90. The first-order valence-corrected chi connectivity index (χ1v) is 7.28.